The number of hydrogen-bond acceptors (Lipinski definition) is 2. The number of piperidine rings is 1. The first kappa shape index (κ1) is 15.8. The lowest BCUT2D eigenvalue weighted by atomic mass is 9.72. The fourth-order valence-corrected chi connectivity index (χ4v) is 4.48. The number of hydrogen-bond donors (Lipinski definition) is 1. The second-order valence-electron chi connectivity index (χ2n) is 7.73. The summed E-state index contributed by atoms with van der Waals surface area (Å²) >= 11 is 0. The van der Waals surface area contributed by atoms with Crippen LogP contribution in [0.15, 0.2) is 0 Å². The van der Waals surface area contributed by atoms with Crippen LogP contribution in [0, 0.1) is 23.7 Å². The second-order valence-corrected chi connectivity index (χ2v) is 7.73. The van der Waals surface area contributed by atoms with Gasteiger partial charge in [-0.2, -0.15) is 0 Å². The highest BCUT2D eigenvalue weighted by molar-refractivity contribution is 5.82. The Hall–Kier alpha value is -1.06. The Labute approximate surface area is 134 Å². The van der Waals surface area contributed by atoms with E-state index in [4.69, 9.17) is 0 Å². The molecule has 4 nitrogen and oxygen atoms in total. The van der Waals surface area contributed by atoms with Gasteiger partial charge in [0.1, 0.15) is 0 Å². The molecule has 0 aromatic rings. The van der Waals surface area contributed by atoms with Gasteiger partial charge in [0, 0.05) is 31.5 Å². The van der Waals surface area contributed by atoms with Crippen LogP contribution in [0.1, 0.15) is 58.8 Å². The standard InChI is InChI=1S/C18H30N2O2/c1-12-8-10-20(16-6-4-3-5-14(12)16)17(21)7-9-19-18(22)15-11-13(15)2/h12-16H,3-11H2,1-2H3,(H,19,22)/t12-,13+,14+,15-,16-/m0/s1. The summed E-state index contributed by atoms with van der Waals surface area (Å²) in [7, 11) is 0. The summed E-state index contributed by atoms with van der Waals surface area (Å²) in [6, 6.07) is 0.462. The van der Waals surface area contributed by atoms with E-state index in [0.717, 1.165) is 25.3 Å². The van der Waals surface area contributed by atoms with Gasteiger partial charge in [-0.3, -0.25) is 9.59 Å². The molecular formula is C18H30N2O2. The van der Waals surface area contributed by atoms with E-state index in [9.17, 15) is 9.59 Å². The van der Waals surface area contributed by atoms with Gasteiger partial charge in [0.15, 0.2) is 0 Å². The highest BCUT2D eigenvalue weighted by Crippen LogP contribution is 2.39. The minimum absolute atomic E-state index is 0.142. The Morgan fingerprint density at radius 2 is 1.82 bits per heavy atom. The van der Waals surface area contributed by atoms with E-state index in [0.29, 0.717) is 30.8 Å². The maximum absolute atomic E-state index is 12.6. The summed E-state index contributed by atoms with van der Waals surface area (Å²) in [4.78, 5) is 26.5. The maximum Gasteiger partial charge on any atom is 0.224 e. The molecule has 5 atom stereocenters. The fraction of sp³-hybridized carbons (Fsp3) is 0.889. The highest BCUT2D eigenvalue weighted by Gasteiger charge is 2.40. The number of carbonyl (C=O) groups is 2. The first-order chi connectivity index (χ1) is 10.6. The molecule has 124 valence electrons. The van der Waals surface area contributed by atoms with E-state index in [1.165, 1.54) is 25.7 Å². The average molecular weight is 306 g/mol. The van der Waals surface area contributed by atoms with E-state index >= 15 is 0 Å². The van der Waals surface area contributed by atoms with E-state index in [1.54, 1.807) is 0 Å². The van der Waals surface area contributed by atoms with Gasteiger partial charge >= 0.3 is 0 Å². The monoisotopic (exact) mass is 306 g/mol. The summed E-state index contributed by atoms with van der Waals surface area (Å²) in [6.45, 7) is 5.87. The second kappa shape index (κ2) is 6.59. The van der Waals surface area contributed by atoms with Crippen LogP contribution in [0.4, 0.5) is 0 Å². The average Bonchev–Trinajstić information content (AvgIpc) is 3.25. The third-order valence-corrected chi connectivity index (χ3v) is 6.14. The molecule has 0 spiro atoms. The largest absolute Gasteiger partial charge is 0.355 e. The third kappa shape index (κ3) is 3.31. The number of nitrogens with zero attached hydrogens (tertiary/aromatic N) is 1. The zero-order valence-electron chi connectivity index (χ0n) is 14.0. The molecule has 3 fully saturated rings. The first-order valence-corrected chi connectivity index (χ1v) is 9.15. The molecule has 0 radical (unpaired) electrons. The molecule has 2 amide bonds. The van der Waals surface area contributed by atoms with Crippen molar-refractivity contribution < 1.29 is 9.59 Å². The Morgan fingerprint density at radius 3 is 2.55 bits per heavy atom. The van der Waals surface area contributed by atoms with Crippen LogP contribution >= 0.6 is 0 Å². The van der Waals surface area contributed by atoms with Crippen molar-refractivity contribution in [3.8, 4) is 0 Å². The van der Waals surface area contributed by atoms with Crippen molar-refractivity contribution in [2.45, 2.75) is 64.8 Å². The lowest BCUT2D eigenvalue weighted by Gasteiger charge is -2.47. The summed E-state index contributed by atoms with van der Waals surface area (Å²) in [5.74, 6) is 2.57. The molecule has 3 aliphatic rings. The van der Waals surface area contributed by atoms with E-state index in [2.05, 4.69) is 24.1 Å². The van der Waals surface area contributed by atoms with Gasteiger partial charge in [-0.05, 0) is 43.4 Å². The number of amides is 2. The fourth-order valence-electron chi connectivity index (χ4n) is 4.48. The molecule has 1 heterocycles. The predicted molar refractivity (Wildman–Crippen MR) is 86.1 cm³/mol. The maximum atomic E-state index is 12.6. The van der Waals surface area contributed by atoms with Crippen molar-refractivity contribution in [3.63, 3.8) is 0 Å². The summed E-state index contributed by atoms with van der Waals surface area (Å²) in [5.41, 5.74) is 0. The lowest BCUT2D eigenvalue weighted by Crippen LogP contribution is -2.52. The number of rotatable bonds is 4. The smallest absolute Gasteiger partial charge is 0.224 e. The molecule has 0 aromatic carbocycles. The first-order valence-electron chi connectivity index (χ1n) is 9.15. The molecular weight excluding hydrogens is 276 g/mol. The number of carbonyl (C=O) groups excluding carboxylic acids is 2. The molecule has 2 aliphatic carbocycles. The Kier molecular flexibility index (Phi) is 4.74. The summed E-state index contributed by atoms with van der Waals surface area (Å²) in [6.07, 6.45) is 7.65. The molecule has 22 heavy (non-hydrogen) atoms. The highest BCUT2D eigenvalue weighted by atomic mass is 16.2. The van der Waals surface area contributed by atoms with Gasteiger partial charge in [-0.25, -0.2) is 0 Å². The van der Waals surface area contributed by atoms with Crippen LogP contribution in [-0.2, 0) is 9.59 Å². The van der Waals surface area contributed by atoms with Gasteiger partial charge in [-0.15, -0.1) is 0 Å². The molecule has 0 unspecified atom stereocenters. The van der Waals surface area contributed by atoms with Crippen LogP contribution in [0.2, 0.25) is 0 Å². The molecule has 1 N–H and O–H groups in total. The van der Waals surface area contributed by atoms with Crippen molar-refractivity contribution in [1.82, 2.24) is 10.2 Å². The van der Waals surface area contributed by atoms with Gasteiger partial charge in [-0.1, -0.05) is 26.7 Å². The van der Waals surface area contributed by atoms with E-state index < -0.39 is 0 Å². The normalized spacial score (nSPS) is 37.4. The molecule has 2 saturated carbocycles. The van der Waals surface area contributed by atoms with Crippen molar-refractivity contribution in [3.05, 3.63) is 0 Å². The number of fused-ring (bicyclic) bond motifs is 1. The Balaban J connectivity index is 1.47. The zero-order valence-corrected chi connectivity index (χ0v) is 14.0. The number of likely N-dealkylation sites (tertiary alicyclic amines) is 1. The summed E-state index contributed by atoms with van der Waals surface area (Å²) in [5, 5.41) is 2.94. The molecule has 1 aliphatic heterocycles. The van der Waals surface area contributed by atoms with Gasteiger partial charge in [0.2, 0.25) is 11.8 Å². The van der Waals surface area contributed by atoms with Crippen molar-refractivity contribution >= 4 is 11.8 Å². The molecule has 1 saturated heterocycles. The lowest BCUT2D eigenvalue weighted by molar-refractivity contribution is -0.139. The number of nitrogens with one attached hydrogen (secondary N) is 1. The molecule has 0 aromatic heterocycles. The predicted octanol–water partition coefficient (Wildman–Crippen LogP) is 2.58. The SMILES string of the molecule is C[C@@H]1C[C@@H]1C(=O)NCCC(=O)N1CC[C@H](C)[C@H]2CCCC[C@@H]21. The van der Waals surface area contributed by atoms with Gasteiger partial charge in [0.25, 0.3) is 0 Å². The molecule has 3 rings (SSSR count). The van der Waals surface area contributed by atoms with Crippen molar-refractivity contribution in [2.75, 3.05) is 13.1 Å². The minimum Gasteiger partial charge on any atom is -0.355 e. The Morgan fingerprint density at radius 1 is 1.09 bits per heavy atom. The van der Waals surface area contributed by atoms with Crippen LogP contribution in [0.25, 0.3) is 0 Å². The molecule has 4 heteroatoms. The topological polar surface area (TPSA) is 49.4 Å². The van der Waals surface area contributed by atoms with Crippen molar-refractivity contribution in [1.29, 1.82) is 0 Å². The van der Waals surface area contributed by atoms with E-state index in [-0.39, 0.29) is 17.7 Å². The Bertz CT molecular complexity index is 437. The van der Waals surface area contributed by atoms with Crippen LogP contribution in [0.5, 0.6) is 0 Å². The van der Waals surface area contributed by atoms with Crippen LogP contribution < -0.4 is 5.32 Å². The van der Waals surface area contributed by atoms with Crippen LogP contribution in [0.3, 0.4) is 0 Å². The van der Waals surface area contributed by atoms with Gasteiger partial charge < -0.3 is 10.2 Å². The zero-order chi connectivity index (χ0) is 15.7. The summed E-state index contributed by atoms with van der Waals surface area (Å²) < 4.78 is 0. The van der Waals surface area contributed by atoms with E-state index in [1.807, 2.05) is 0 Å². The minimum atomic E-state index is 0.142. The third-order valence-electron chi connectivity index (χ3n) is 6.14. The van der Waals surface area contributed by atoms with Crippen molar-refractivity contribution in [2.24, 2.45) is 23.7 Å². The van der Waals surface area contributed by atoms with Crippen LogP contribution in [-0.4, -0.2) is 35.8 Å². The quantitative estimate of drug-likeness (QED) is 0.868. The van der Waals surface area contributed by atoms with Gasteiger partial charge in [0.05, 0.1) is 0 Å². The molecule has 0 bridgehead atoms.